The van der Waals surface area contributed by atoms with Crippen LogP contribution in [0.5, 0.6) is 0 Å². The van der Waals surface area contributed by atoms with Gasteiger partial charge in [0.1, 0.15) is 22.6 Å². The molecule has 2 aromatic heterocycles. The van der Waals surface area contributed by atoms with Gasteiger partial charge in [0, 0.05) is 57.0 Å². The number of nitrogens with zero attached hydrogens (tertiary/aromatic N) is 8. The second-order valence-electron chi connectivity index (χ2n) is 16.6. The van der Waals surface area contributed by atoms with E-state index in [4.69, 9.17) is 38.8 Å². The van der Waals surface area contributed by atoms with Gasteiger partial charge in [0.25, 0.3) is 0 Å². The number of aliphatic hydroxyl groups excluding tert-OH is 2. The summed E-state index contributed by atoms with van der Waals surface area (Å²) in [6.45, 7) is 0.775. The fraction of sp³-hybridized carbons (Fsp3) is 0.304. The van der Waals surface area contributed by atoms with Crippen molar-refractivity contribution in [1.82, 2.24) is 8.47 Å². The van der Waals surface area contributed by atoms with Crippen molar-refractivity contribution in [2.45, 2.75) is 63.6 Å². The van der Waals surface area contributed by atoms with Gasteiger partial charge in [0.05, 0.1) is 12.2 Å². The van der Waals surface area contributed by atoms with Crippen molar-refractivity contribution in [3.8, 4) is 0 Å². The van der Waals surface area contributed by atoms with Crippen LogP contribution in [0.2, 0.25) is 0 Å². The van der Waals surface area contributed by atoms with Crippen LogP contribution < -0.4 is 11.0 Å². The topological polar surface area (TPSA) is 143 Å². The van der Waals surface area contributed by atoms with Crippen LogP contribution in [0.4, 0.5) is 11.6 Å². The molecule has 13 heteroatoms. The first-order valence-corrected chi connectivity index (χ1v) is 22.6. The summed E-state index contributed by atoms with van der Waals surface area (Å²) in [4.78, 5) is 32.5. The molecular formula is C46H42N8O4Si. The Morgan fingerprint density at radius 2 is 0.797 bits per heavy atom. The number of benzene rings is 4. The molecule has 0 unspecified atom stereocenters. The molecule has 2 aliphatic carbocycles. The third-order valence-corrected chi connectivity index (χ3v) is 16.0. The average Bonchev–Trinajstić information content (AvgIpc) is 3.99. The van der Waals surface area contributed by atoms with Gasteiger partial charge in [0.15, 0.2) is 23.3 Å². The van der Waals surface area contributed by atoms with Gasteiger partial charge < -0.3 is 19.1 Å². The Morgan fingerprint density at radius 3 is 1.20 bits per heavy atom. The van der Waals surface area contributed by atoms with E-state index in [0.717, 1.165) is 95.2 Å². The lowest BCUT2D eigenvalue weighted by atomic mass is 9.88. The van der Waals surface area contributed by atoms with Crippen LogP contribution in [0.15, 0.2) is 127 Å². The molecular weight excluding hydrogens is 757 g/mol. The molecule has 2 N–H and O–H groups in total. The predicted octanol–water partition coefficient (Wildman–Crippen LogP) is 6.51. The van der Waals surface area contributed by atoms with E-state index < -0.39 is 8.88 Å². The van der Waals surface area contributed by atoms with Crippen LogP contribution in [-0.2, 0) is 8.85 Å². The first kappa shape index (κ1) is 35.3. The van der Waals surface area contributed by atoms with Gasteiger partial charge >= 0.3 is 8.88 Å². The van der Waals surface area contributed by atoms with E-state index in [2.05, 4.69) is 57.0 Å². The molecule has 2 saturated carbocycles. The van der Waals surface area contributed by atoms with Crippen LogP contribution in [0.3, 0.4) is 0 Å². The van der Waals surface area contributed by atoms with Crippen LogP contribution >= 0.6 is 0 Å². The van der Waals surface area contributed by atoms with Crippen molar-refractivity contribution in [3.63, 3.8) is 0 Å². The van der Waals surface area contributed by atoms with Crippen molar-refractivity contribution >= 4 is 65.4 Å². The maximum Gasteiger partial charge on any atom is 0.603 e. The number of fused-ring (bicyclic) bond motifs is 14. The molecule has 0 spiro atoms. The van der Waals surface area contributed by atoms with E-state index in [-0.39, 0.29) is 24.0 Å². The van der Waals surface area contributed by atoms with E-state index in [0.29, 0.717) is 59.2 Å². The van der Waals surface area contributed by atoms with Crippen LogP contribution in [0.25, 0.3) is 21.5 Å². The standard InChI is InChI=1S/C46H42N8O4Si/c55-29-21-17-27(18-22-29)25-57-59(58-26-28-19-23-30(56)24-20-28)53-43-35-13-5-6-14-36(35)45(53)51-41-33-11-3-4-12-34(33)42(48-41)52-46-38-16-8-7-15-37(38)44(54(46)59)50-40-32-10-2-1-9-31(32)39(47-40)49-43/h1-16,27-30,55-56H,17-26H2/b49-39-,49-43?,50-40?,50-44-,51-41-,51-45?,52-42?,52-46-. The summed E-state index contributed by atoms with van der Waals surface area (Å²) >= 11 is 0. The molecule has 4 aliphatic heterocycles. The van der Waals surface area contributed by atoms with Crippen molar-refractivity contribution in [3.05, 3.63) is 130 Å². The number of aromatic nitrogens is 2. The van der Waals surface area contributed by atoms with Gasteiger partial charge in [-0.1, -0.05) is 97.1 Å². The van der Waals surface area contributed by atoms with E-state index in [1.165, 1.54) is 0 Å². The summed E-state index contributed by atoms with van der Waals surface area (Å²) in [5.41, 5.74) is 4.83. The third-order valence-electron chi connectivity index (χ3n) is 13.0. The van der Waals surface area contributed by atoms with Crippen LogP contribution in [-0.4, -0.2) is 76.3 Å². The monoisotopic (exact) mass is 798 g/mol. The minimum atomic E-state index is -4.22. The Labute approximate surface area is 340 Å². The maximum atomic E-state index is 10.6. The average molecular weight is 799 g/mol. The summed E-state index contributed by atoms with van der Waals surface area (Å²) in [6, 6.07) is 32.8. The Morgan fingerprint density at radius 1 is 0.441 bits per heavy atom. The Balaban J connectivity index is 1.26. The van der Waals surface area contributed by atoms with Gasteiger partial charge in [-0.15, -0.1) is 0 Å². The highest BCUT2D eigenvalue weighted by molar-refractivity contribution is 6.66. The lowest BCUT2D eigenvalue weighted by molar-refractivity contribution is 0.0555. The molecule has 0 radical (unpaired) electrons. The molecule has 0 amide bonds. The minimum absolute atomic E-state index is 0.189. The largest absolute Gasteiger partial charge is 0.603 e. The summed E-state index contributed by atoms with van der Waals surface area (Å²) in [5.74, 6) is 3.87. The van der Waals surface area contributed by atoms with Crippen molar-refractivity contribution in [2.75, 3.05) is 13.2 Å². The van der Waals surface area contributed by atoms with E-state index in [1.54, 1.807) is 0 Å². The summed E-state index contributed by atoms with van der Waals surface area (Å²) < 4.78 is 19.8. The van der Waals surface area contributed by atoms with Gasteiger partial charge in [-0.3, -0.25) is 8.47 Å². The predicted molar refractivity (Wildman–Crippen MR) is 229 cm³/mol. The van der Waals surface area contributed by atoms with Crippen molar-refractivity contribution in [1.29, 1.82) is 0 Å². The normalized spacial score (nSPS) is 28.2. The number of aliphatic imine (C=N–C) groups is 4. The lowest BCUT2D eigenvalue weighted by Gasteiger charge is -2.37. The van der Waals surface area contributed by atoms with Crippen LogP contribution in [0.1, 0.15) is 73.6 Å². The van der Waals surface area contributed by atoms with Gasteiger partial charge in [0.2, 0.25) is 0 Å². The molecule has 6 aromatic rings. The zero-order valence-corrected chi connectivity index (χ0v) is 33.4. The Bertz CT molecular complexity index is 2790. The lowest BCUT2D eigenvalue weighted by Crippen LogP contribution is -2.64. The number of hydrogen-bond acceptors (Lipinski definition) is 10. The molecule has 12 rings (SSSR count). The second-order valence-corrected chi connectivity index (χ2v) is 19.2. The highest BCUT2D eigenvalue weighted by Crippen LogP contribution is 2.44. The second kappa shape index (κ2) is 13.7. The van der Waals surface area contributed by atoms with Gasteiger partial charge in [-0.25, -0.2) is 30.0 Å². The Kier molecular flexibility index (Phi) is 8.18. The smallest absolute Gasteiger partial charge is 0.393 e. The molecule has 6 heterocycles. The molecule has 0 saturated heterocycles. The molecule has 59 heavy (non-hydrogen) atoms. The molecule has 2 fully saturated rings. The Hall–Kier alpha value is -5.70. The highest BCUT2D eigenvalue weighted by Gasteiger charge is 2.54. The zero-order chi connectivity index (χ0) is 39.2. The van der Waals surface area contributed by atoms with Crippen LogP contribution in [0, 0.1) is 11.8 Å². The first-order chi connectivity index (χ1) is 29.0. The van der Waals surface area contributed by atoms with E-state index >= 15 is 0 Å². The third kappa shape index (κ3) is 5.56. The summed E-state index contributed by atoms with van der Waals surface area (Å²) in [5, 5.41) is 24.7. The summed E-state index contributed by atoms with van der Waals surface area (Å²) in [6.07, 6.45) is 5.65. The molecule has 294 valence electrons. The zero-order valence-electron chi connectivity index (χ0n) is 32.4. The molecule has 6 aliphatic rings. The van der Waals surface area contributed by atoms with Crippen molar-refractivity contribution < 1.29 is 19.1 Å². The quantitative estimate of drug-likeness (QED) is 0.186. The SMILES string of the molecule is OC1CCC(CO[Si]2(OCC3CCC(O)CC3)n3c4c5ccccc5c3/N=C3N=C(/N=c5/c6ccccc6/c(n52)=N/C2=NC(=N\4)/c4ccccc42)c2ccccc2\3)CC1. The number of rotatable bonds is 6. The molecule has 12 nitrogen and oxygen atoms in total. The summed E-state index contributed by atoms with van der Waals surface area (Å²) in [7, 11) is -4.22. The molecule has 6 bridgehead atoms. The minimum Gasteiger partial charge on any atom is -0.393 e. The van der Waals surface area contributed by atoms with Gasteiger partial charge in [-0.2, -0.15) is 0 Å². The fourth-order valence-corrected chi connectivity index (χ4v) is 13.3. The number of aliphatic hydroxyl groups is 2. The molecule has 0 atom stereocenters. The van der Waals surface area contributed by atoms with E-state index in [1.807, 2.05) is 48.5 Å². The van der Waals surface area contributed by atoms with E-state index in [9.17, 15) is 10.2 Å². The number of amidine groups is 4. The fourth-order valence-electron chi connectivity index (χ4n) is 9.81. The first-order valence-electron chi connectivity index (χ1n) is 20.9. The highest BCUT2D eigenvalue weighted by atomic mass is 28.4. The number of hydrogen-bond donors (Lipinski definition) is 2. The molecule has 4 aromatic carbocycles. The van der Waals surface area contributed by atoms with Gasteiger partial charge in [-0.05, 0) is 63.2 Å². The maximum absolute atomic E-state index is 10.6. The van der Waals surface area contributed by atoms with Crippen molar-refractivity contribution in [2.24, 2.45) is 41.8 Å².